The molecule has 0 fully saturated rings. The number of anilines is 1. The first-order valence-corrected chi connectivity index (χ1v) is 14.7. The van der Waals surface area contributed by atoms with Gasteiger partial charge in [-0.15, -0.1) is 0 Å². The van der Waals surface area contributed by atoms with Crippen LogP contribution in [0.5, 0.6) is 0 Å². The van der Waals surface area contributed by atoms with Gasteiger partial charge in [0.05, 0.1) is 10.6 Å². The second kappa shape index (κ2) is 13.4. The number of hydrogen-bond donors (Lipinski definition) is 1. The van der Waals surface area contributed by atoms with E-state index in [1.54, 1.807) is 30.3 Å². The Hall–Kier alpha value is -3.65. The topological polar surface area (TPSA) is 86.8 Å². The molecule has 0 radical (unpaired) electrons. The standard InChI is InChI=1S/C31H39N3O4S/c1-6-29(31(36)32-20-23(2)3)33(21-26-12-10-11-25(5)19-26)30(35)22-34(27-17-15-24(4)16-18-27)39(37,38)28-13-8-7-9-14-28/h7-19,23,29H,6,20-22H2,1-5H3,(H,32,36)/t29-/m0/s1. The quantitative estimate of drug-likeness (QED) is 0.341. The number of rotatable bonds is 12. The van der Waals surface area contributed by atoms with Crippen molar-refractivity contribution in [3.8, 4) is 0 Å². The van der Waals surface area contributed by atoms with E-state index in [1.807, 2.05) is 71.0 Å². The summed E-state index contributed by atoms with van der Waals surface area (Å²) in [4.78, 5) is 28.9. The summed E-state index contributed by atoms with van der Waals surface area (Å²) in [5.74, 6) is -0.455. The Morgan fingerprint density at radius 2 is 1.54 bits per heavy atom. The number of nitrogens with zero attached hydrogens (tertiary/aromatic N) is 2. The maximum atomic E-state index is 14.0. The third-order valence-corrected chi connectivity index (χ3v) is 8.23. The first-order chi connectivity index (χ1) is 18.5. The van der Waals surface area contributed by atoms with Crippen LogP contribution < -0.4 is 9.62 Å². The summed E-state index contributed by atoms with van der Waals surface area (Å²) < 4.78 is 28.7. The van der Waals surface area contributed by atoms with E-state index in [-0.39, 0.29) is 23.3 Å². The second-order valence-electron chi connectivity index (χ2n) is 10.2. The lowest BCUT2D eigenvalue weighted by Gasteiger charge is -2.33. The van der Waals surface area contributed by atoms with Gasteiger partial charge in [0.2, 0.25) is 11.8 Å². The summed E-state index contributed by atoms with van der Waals surface area (Å²) in [5.41, 5.74) is 3.25. The van der Waals surface area contributed by atoms with E-state index < -0.39 is 28.5 Å². The highest BCUT2D eigenvalue weighted by atomic mass is 32.2. The predicted octanol–water partition coefficient (Wildman–Crippen LogP) is 5.08. The second-order valence-corrected chi connectivity index (χ2v) is 12.1. The van der Waals surface area contributed by atoms with Crippen molar-refractivity contribution in [1.82, 2.24) is 10.2 Å². The van der Waals surface area contributed by atoms with Crippen LogP contribution in [0.4, 0.5) is 5.69 Å². The molecule has 0 spiro atoms. The highest BCUT2D eigenvalue weighted by Gasteiger charge is 2.33. The van der Waals surface area contributed by atoms with Crippen molar-refractivity contribution in [2.75, 3.05) is 17.4 Å². The van der Waals surface area contributed by atoms with Gasteiger partial charge in [0.15, 0.2) is 0 Å². The van der Waals surface area contributed by atoms with Crippen LogP contribution >= 0.6 is 0 Å². The minimum Gasteiger partial charge on any atom is -0.354 e. The zero-order valence-electron chi connectivity index (χ0n) is 23.4. The molecule has 1 N–H and O–H groups in total. The van der Waals surface area contributed by atoms with Crippen molar-refractivity contribution in [3.63, 3.8) is 0 Å². The molecule has 0 aliphatic carbocycles. The fourth-order valence-electron chi connectivity index (χ4n) is 4.31. The molecule has 3 aromatic rings. The summed E-state index contributed by atoms with van der Waals surface area (Å²) in [7, 11) is -4.06. The van der Waals surface area contributed by atoms with Crippen LogP contribution in [0.3, 0.4) is 0 Å². The van der Waals surface area contributed by atoms with Crippen LogP contribution in [0.1, 0.15) is 43.9 Å². The largest absolute Gasteiger partial charge is 0.354 e. The van der Waals surface area contributed by atoms with Crippen molar-refractivity contribution in [3.05, 3.63) is 95.6 Å². The van der Waals surface area contributed by atoms with Crippen molar-refractivity contribution in [2.24, 2.45) is 5.92 Å². The van der Waals surface area contributed by atoms with Gasteiger partial charge in [0, 0.05) is 13.1 Å². The van der Waals surface area contributed by atoms with E-state index in [0.29, 0.717) is 18.7 Å². The Kier molecular flexibility index (Phi) is 10.3. The normalized spacial score (nSPS) is 12.2. The SMILES string of the molecule is CC[C@@H](C(=O)NCC(C)C)N(Cc1cccc(C)c1)C(=O)CN(c1ccc(C)cc1)S(=O)(=O)c1ccccc1. The number of carbonyl (C=O) groups excluding carboxylic acids is 2. The maximum Gasteiger partial charge on any atom is 0.264 e. The van der Waals surface area contributed by atoms with Gasteiger partial charge in [-0.25, -0.2) is 8.42 Å². The molecule has 0 aliphatic heterocycles. The summed E-state index contributed by atoms with van der Waals surface area (Å²) >= 11 is 0. The van der Waals surface area contributed by atoms with E-state index in [9.17, 15) is 18.0 Å². The number of aryl methyl sites for hydroxylation is 2. The Bertz CT molecular complexity index is 1360. The van der Waals surface area contributed by atoms with E-state index in [1.165, 1.54) is 17.0 Å². The lowest BCUT2D eigenvalue weighted by Crippen LogP contribution is -2.52. The molecule has 3 rings (SSSR count). The molecule has 0 bridgehead atoms. The van der Waals surface area contributed by atoms with E-state index in [2.05, 4.69) is 5.32 Å². The zero-order chi connectivity index (χ0) is 28.6. The molecule has 8 heteroatoms. The molecule has 208 valence electrons. The molecular weight excluding hydrogens is 510 g/mol. The van der Waals surface area contributed by atoms with Gasteiger partial charge in [-0.2, -0.15) is 0 Å². The lowest BCUT2D eigenvalue weighted by molar-refractivity contribution is -0.140. The number of carbonyl (C=O) groups is 2. The van der Waals surface area contributed by atoms with Crippen molar-refractivity contribution < 1.29 is 18.0 Å². The van der Waals surface area contributed by atoms with Crippen LogP contribution in [0.2, 0.25) is 0 Å². The van der Waals surface area contributed by atoms with E-state index in [4.69, 9.17) is 0 Å². The van der Waals surface area contributed by atoms with Crippen LogP contribution in [0, 0.1) is 19.8 Å². The number of sulfonamides is 1. The average molecular weight is 550 g/mol. The molecule has 0 saturated carbocycles. The Morgan fingerprint density at radius 3 is 2.13 bits per heavy atom. The maximum absolute atomic E-state index is 14.0. The van der Waals surface area contributed by atoms with Crippen LogP contribution in [-0.4, -0.2) is 44.3 Å². The molecule has 1 atom stereocenters. The van der Waals surface area contributed by atoms with Crippen molar-refractivity contribution in [2.45, 2.75) is 58.5 Å². The van der Waals surface area contributed by atoms with Gasteiger partial charge >= 0.3 is 0 Å². The molecule has 0 aliphatic rings. The van der Waals surface area contributed by atoms with Gasteiger partial charge in [-0.3, -0.25) is 13.9 Å². The zero-order valence-corrected chi connectivity index (χ0v) is 24.2. The van der Waals surface area contributed by atoms with E-state index in [0.717, 1.165) is 21.0 Å². The number of amides is 2. The number of hydrogen-bond acceptors (Lipinski definition) is 4. The molecule has 0 unspecified atom stereocenters. The van der Waals surface area contributed by atoms with Gasteiger partial charge in [-0.1, -0.05) is 86.5 Å². The van der Waals surface area contributed by atoms with Crippen LogP contribution in [0.25, 0.3) is 0 Å². The van der Waals surface area contributed by atoms with Gasteiger partial charge in [0.1, 0.15) is 12.6 Å². The molecule has 39 heavy (non-hydrogen) atoms. The predicted molar refractivity (Wildman–Crippen MR) is 156 cm³/mol. The molecular formula is C31H39N3O4S. The van der Waals surface area contributed by atoms with Crippen LogP contribution in [0.15, 0.2) is 83.8 Å². The summed E-state index contributed by atoms with van der Waals surface area (Å²) in [6.45, 7) is 9.97. The first-order valence-electron chi connectivity index (χ1n) is 13.3. The van der Waals surface area contributed by atoms with Gasteiger partial charge in [-0.05, 0) is 56.0 Å². The Balaban J connectivity index is 2.03. The Morgan fingerprint density at radius 1 is 0.872 bits per heavy atom. The first kappa shape index (κ1) is 29.9. The minimum atomic E-state index is -4.06. The average Bonchev–Trinajstić information content (AvgIpc) is 2.91. The highest BCUT2D eigenvalue weighted by Crippen LogP contribution is 2.25. The highest BCUT2D eigenvalue weighted by molar-refractivity contribution is 7.92. The molecule has 0 aromatic heterocycles. The smallest absolute Gasteiger partial charge is 0.264 e. The lowest BCUT2D eigenvalue weighted by atomic mass is 10.1. The Labute approximate surface area is 232 Å². The molecule has 3 aromatic carbocycles. The molecule has 0 heterocycles. The van der Waals surface area contributed by atoms with E-state index >= 15 is 0 Å². The van der Waals surface area contributed by atoms with Gasteiger partial charge in [0.25, 0.3) is 10.0 Å². The number of nitrogens with one attached hydrogen (secondary N) is 1. The summed E-state index contributed by atoms with van der Waals surface area (Å²) in [5, 5.41) is 2.95. The fraction of sp³-hybridized carbons (Fsp3) is 0.355. The van der Waals surface area contributed by atoms with Crippen molar-refractivity contribution >= 4 is 27.5 Å². The van der Waals surface area contributed by atoms with Crippen molar-refractivity contribution in [1.29, 1.82) is 0 Å². The number of benzene rings is 3. The van der Waals surface area contributed by atoms with Gasteiger partial charge < -0.3 is 10.2 Å². The van der Waals surface area contributed by atoms with Crippen LogP contribution in [-0.2, 0) is 26.2 Å². The molecule has 7 nitrogen and oxygen atoms in total. The third kappa shape index (κ3) is 7.93. The summed E-state index contributed by atoms with van der Waals surface area (Å²) in [6.07, 6.45) is 0.386. The fourth-order valence-corrected chi connectivity index (χ4v) is 5.74. The third-order valence-electron chi connectivity index (χ3n) is 6.44. The monoisotopic (exact) mass is 549 g/mol. The molecule has 2 amide bonds. The summed E-state index contributed by atoms with van der Waals surface area (Å²) in [6, 6.07) is 22.1. The minimum absolute atomic E-state index is 0.0883. The molecule has 0 saturated heterocycles.